The Kier molecular flexibility index (Phi) is 4.74. The molecular weight excluding hydrogens is 375 g/mol. The standard InChI is InChI=1S/C21H15FN4O3/c1-29-17-9-4-14(5-10-17)20-23-18-11-6-15(22)12-19(18)24-21(25-20)13-2-7-16(8-3-13)26(27)28/h2-12H,1H3,(H,23,24,25). The smallest absolute Gasteiger partial charge is 0.269 e. The first kappa shape index (κ1) is 18.3. The summed E-state index contributed by atoms with van der Waals surface area (Å²) in [6, 6.07) is 17.4. The normalized spacial score (nSPS) is 12.8. The molecule has 1 aliphatic heterocycles. The van der Waals surface area contributed by atoms with E-state index < -0.39 is 10.7 Å². The molecule has 29 heavy (non-hydrogen) atoms. The summed E-state index contributed by atoms with van der Waals surface area (Å²) in [6.07, 6.45) is 0. The van der Waals surface area contributed by atoms with Crippen LogP contribution in [-0.4, -0.2) is 23.7 Å². The third-order valence-electron chi connectivity index (χ3n) is 4.36. The Bertz CT molecular complexity index is 1140. The van der Waals surface area contributed by atoms with Crippen molar-refractivity contribution in [3.8, 4) is 5.75 Å². The molecule has 0 saturated heterocycles. The number of fused-ring (bicyclic) bond motifs is 1. The van der Waals surface area contributed by atoms with Crippen LogP contribution in [0.3, 0.4) is 0 Å². The largest absolute Gasteiger partial charge is 0.497 e. The van der Waals surface area contributed by atoms with E-state index in [0.717, 1.165) is 5.56 Å². The van der Waals surface area contributed by atoms with Gasteiger partial charge in [-0.3, -0.25) is 10.1 Å². The van der Waals surface area contributed by atoms with Gasteiger partial charge in [-0.2, -0.15) is 0 Å². The van der Waals surface area contributed by atoms with Crippen molar-refractivity contribution in [2.45, 2.75) is 0 Å². The topological polar surface area (TPSA) is 89.1 Å². The van der Waals surface area contributed by atoms with Gasteiger partial charge in [-0.05, 0) is 54.6 Å². The van der Waals surface area contributed by atoms with Crippen molar-refractivity contribution in [2.24, 2.45) is 9.98 Å². The van der Waals surface area contributed by atoms with E-state index >= 15 is 0 Å². The second kappa shape index (κ2) is 7.51. The number of amidine groups is 2. The zero-order valence-electron chi connectivity index (χ0n) is 15.3. The number of rotatable bonds is 4. The van der Waals surface area contributed by atoms with Crippen LogP contribution < -0.4 is 10.1 Å². The van der Waals surface area contributed by atoms with Crippen molar-refractivity contribution in [1.82, 2.24) is 0 Å². The van der Waals surface area contributed by atoms with Gasteiger partial charge in [0, 0.05) is 23.3 Å². The number of nitro benzene ring substituents is 1. The lowest BCUT2D eigenvalue weighted by Gasteiger charge is -2.09. The van der Waals surface area contributed by atoms with E-state index in [1.54, 1.807) is 37.4 Å². The molecule has 0 atom stereocenters. The highest BCUT2D eigenvalue weighted by molar-refractivity contribution is 6.19. The summed E-state index contributed by atoms with van der Waals surface area (Å²) in [5.41, 5.74) is 2.29. The molecule has 0 aromatic heterocycles. The van der Waals surface area contributed by atoms with Gasteiger partial charge in [0.15, 0.2) is 5.84 Å². The lowest BCUT2D eigenvalue weighted by molar-refractivity contribution is -0.384. The van der Waals surface area contributed by atoms with Crippen LogP contribution in [-0.2, 0) is 0 Å². The van der Waals surface area contributed by atoms with E-state index in [0.29, 0.717) is 34.4 Å². The molecule has 4 rings (SSSR count). The Labute approximate surface area is 165 Å². The number of benzene rings is 3. The maximum absolute atomic E-state index is 13.8. The van der Waals surface area contributed by atoms with Crippen molar-refractivity contribution in [3.63, 3.8) is 0 Å². The van der Waals surface area contributed by atoms with Crippen LogP contribution >= 0.6 is 0 Å². The minimum Gasteiger partial charge on any atom is -0.497 e. The van der Waals surface area contributed by atoms with Gasteiger partial charge in [-0.1, -0.05) is 0 Å². The number of halogens is 1. The number of hydrogen-bond acceptors (Lipinski definition) is 6. The van der Waals surface area contributed by atoms with Gasteiger partial charge in [-0.15, -0.1) is 0 Å². The van der Waals surface area contributed by atoms with E-state index in [9.17, 15) is 14.5 Å². The van der Waals surface area contributed by atoms with Gasteiger partial charge in [0.05, 0.1) is 23.4 Å². The molecule has 1 heterocycles. The van der Waals surface area contributed by atoms with Crippen LogP contribution in [0.25, 0.3) is 0 Å². The Morgan fingerprint density at radius 1 is 0.966 bits per heavy atom. The highest BCUT2D eigenvalue weighted by Gasteiger charge is 2.17. The first-order chi connectivity index (χ1) is 14.0. The van der Waals surface area contributed by atoms with Gasteiger partial charge in [0.2, 0.25) is 0 Å². The van der Waals surface area contributed by atoms with E-state index in [1.807, 2.05) is 12.1 Å². The molecule has 0 spiro atoms. The van der Waals surface area contributed by atoms with Crippen molar-refractivity contribution >= 4 is 28.7 Å². The predicted molar refractivity (Wildman–Crippen MR) is 109 cm³/mol. The van der Waals surface area contributed by atoms with Gasteiger partial charge in [-0.25, -0.2) is 14.4 Å². The number of nitrogens with one attached hydrogen (secondary N) is 1. The number of ether oxygens (including phenoxy) is 1. The molecule has 1 aliphatic rings. The predicted octanol–water partition coefficient (Wildman–Crippen LogP) is 4.69. The highest BCUT2D eigenvalue weighted by atomic mass is 19.1. The number of hydrogen-bond donors (Lipinski definition) is 1. The molecule has 0 bridgehead atoms. The number of nitro groups is 1. The van der Waals surface area contributed by atoms with Crippen molar-refractivity contribution in [1.29, 1.82) is 0 Å². The van der Waals surface area contributed by atoms with Crippen LogP contribution in [0, 0.1) is 15.9 Å². The van der Waals surface area contributed by atoms with Gasteiger partial charge in [0.1, 0.15) is 17.4 Å². The van der Waals surface area contributed by atoms with E-state index in [1.165, 1.54) is 24.3 Å². The second-order valence-corrected chi connectivity index (χ2v) is 6.21. The first-order valence-corrected chi connectivity index (χ1v) is 8.67. The Morgan fingerprint density at radius 3 is 2.31 bits per heavy atom. The quantitative estimate of drug-likeness (QED) is 0.517. The number of anilines is 1. The molecule has 3 aromatic carbocycles. The first-order valence-electron chi connectivity index (χ1n) is 8.67. The fourth-order valence-corrected chi connectivity index (χ4v) is 2.85. The molecule has 0 fully saturated rings. The Balaban J connectivity index is 1.82. The molecule has 0 saturated carbocycles. The molecule has 1 N–H and O–H groups in total. The summed E-state index contributed by atoms with van der Waals surface area (Å²) in [7, 11) is 1.58. The molecule has 0 amide bonds. The summed E-state index contributed by atoms with van der Waals surface area (Å²) in [6.45, 7) is 0. The minimum atomic E-state index is -0.471. The van der Waals surface area contributed by atoms with Crippen LogP contribution in [0.5, 0.6) is 5.75 Å². The van der Waals surface area contributed by atoms with Crippen LogP contribution in [0.2, 0.25) is 0 Å². The Hall–Kier alpha value is -4.07. The van der Waals surface area contributed by atoms with Gasteiger partial charge >= 0.3 is 0 Å². The zero-order valence-corrected chi connectivity index (χ0v) is 15.3. The summed E-state index contributed by atoms with van der Waals surface area (Å²) < 4.78 is 19.0. The average molecular weight is 390 g/mol. The zero-order chi connectivity index (χ0) is 20.4. The number of non-ortho nitro benzene ring substituents is 1. The summed E-state index contributed by atoms with van der Waals surface area (Å²) >= 11 is 0. The third kappa shape index (κ3) is 3.81. The van der Waals surface area contributed by atoms with E-state index in [-0.39, 0.29) is 5.69 Å². The molecular formula is C21H15FN4O3. The Morgan fingerprint density at radius 2 is 1.66 bits per heavy atom. The van der Waals surface area contributed by atoms with E-state index in [2.05, 4.69) is 15.3 Å². The summed E-state index contributed by atoms with van der Waals surface area (Å²) in [4.78, 5) is 19.6. The SMILES string of the molecule is COc1ccc(C2=Nc3ccc(F)cc3NC(c3ccc([N+](=O)[O-])cc3)=N2)cc1. The molecule has 0 radical (unpaired) electrons. The van der Waals surface area contributed by atoms with Crippen LogP contribution in [0.4, 0.5) is 21.5 Å². The molecule has 0 unspecified atom stereocenters. The molecule has 7 nitrogen and oxygen atoms in total. The fourth-order valence-electron chi connectivity index (χ4n) is 2.85. The maximum Gasteiger partial charge on any atom is 0.269 e. The van der Waals surface area contributed by atoms with Crippen molar-refractivity contribution < 1.29 is 14.1 Å². The minimum absolute atomic E-state index is 0.0292. The lowest BCUT2D eigenvalue weighted by atomic mass is 10.1. The monoisotopic (exact) mass is 390 g/mol. The van der Waals surface area contributed by atoms with Gasteiger partial charge < -0.3 is 10.1 Å². The van der Waals surface area contributed by atoms with Crippen molar-refractivity contribution in [2.75, 3.05) is 12.4 Å². The van der Waals surface area contributed by atoms with Crippen molar-refractivity contribution in [3.05, 3.63) is 93.8 Å². The van der Waals surface area contributed by atoms with E-state index in [4.69, 9.17) is 4.74 Å². The third-order valence-corrected chi connectivity index (χ3v) is 4.36. The lowest BCUT2D eigenvalue weighted by Crippen LogP contribution is -2.15. The summed E-state index contributed by atoms with van der Waals surface area (Å²) in [5.74, 6) is 1.10. The van der Waals surface area contributed by atoms with Crippen LogP contribution in [0.1, 0.15) is 11.1 Å². The molecule has 8 heteroatoms. The number of nitrogens with zero attached hydrogens (tertiary/aromatic N) is 3. The average Bonchev–Trinajstić information content (AvgIpc) is 2.93. The fraction of sp³-hybridized carbons (Fsp3) is 0.0476. The summed E-state index contributed by atoms with van der Waals surface area (Å²) in [5, 5.41) is 14.0. The number of methoxy groups -OCH3 is 1. The maximum atomic E-state index is 13.8. The number of aliphatic imine (C=N–C) groups is 2. The van der Waals surface area contributed by atoms with Crippen LogP contribution in [0.15, 0.2) is 76.7 Å². The second-order valence-electron chi connectivity index (χ2n) is 6.21. The van der Waals surface area contributed by atoms with Gasteiger partial charge in [0.25, 0.3) is 5.69 Å². The molecule has 144 valence electrons. The highest BCUT2D eigenvalue weighted by Crippen LogP contribution is 2.30. The molecule has 3 aromatic rings. The molecule has 0 aliphatic carbocycles.